The first-order chi connectivity index (χ1) is 9.33. The van der Waals surface area contributed by atoms with Crippen molar-refractivity contribution in [1.82, 2.24) is 4.98 Å². The van der Waals surface area contributed by atoms with Crippen molar-refractivity contribution in [3.8, 4) is 16.9 Å². The van der Waals surface area contributed by atoms with Crippen molar-refractivity contribution in [2.45, 2.75) is 13.1 Å². The van der Waals surface area contributed by atoms with Crippen molar-refractivity contribution < 1.29 is 17.9 Å². The summed E-state index contributed by atoms with van der Waals surface area (Å²) in [4.78, 5) is 4.14. The molecule has 0 amide bonds. The maximum atomic E-state index is 12.1. The van der Waals surface area contributed by atoms with Gasteiger partial charge in [-0.15, -0.1) is 0 Å². The fraction of sp³-hybridized carbons (Fsp3) is 0.214. The van der Waals surface area contributed by atoms with Crippen LogP contribution in [0.4, 0.5) is 18.9 Å². The zero-order valence-electron chi connectivity index (χ0n) is 10.7. The highest BCUT2D eigenvalue weighted by molar-refractivity contribution is 5.69. The molecule has 3 nitrogen and oxygen atoms in total. The van der Waals surface area contributed by atoms with Gasteiger partial charge in [0.25, 0.3) is 0 Å². The SMILES string of the molecule is Cc1ccc(-c2cc(N)cc(OCC(F)(F)F)c2)cn1. The molecule has 1 heterocycles. The van der Waals surface area contributed by atoms with E-state index in [9.17, 15) is 13.2 Å². The molecule has 0 spiro atoms. The Morgan fingerprint density at radius 3 is 2.50 bits per heavy atom. The molecule has 0 aliphatic heterocycles. The third-order valence-electron chi connectivity index (χ3n) is 2.58. The van der Waals surface area contributed by atoms with Crippen LogP contribution in [0.3, 0.4) is 0 Å². The van der Waals surface area contributed by atoms with Gasteiger partial charge in [-0.25, -0.2) is 0 Å². The van der Waals surface area contributed by atoms with Crippen LogP contribution in [0.2, 0.25) is 0 Å². The van der Waals surface area contributed by atoms with Crippen LogP contribution >= 0.6 is 0 Å². The van der Waals surface area contributed by atoms with Crippen LogP contribution < -0.4 is 10.5 Å². The predicted molar refractivity (Wildman–Crippen MR) is 70.4 cm³/mol. The lowest BCUT2D eigenvalue weighted by molar-refractivity contribution is -0.153. The molecule has 0 saturated heterocycles. The average molecular weight is 282 g/mol. The van der Waals surface area contributed by atoms with Gasteiger partial charge >= 0.3 is 6.18 Å². The van der Waals surface area contributed by atoms with Crippen LogP contribution in [0.25, 0.3) is 11.1 Å². The summed E-state index contributed by atoms with van der Waals surface area (Å²) in [6.07, 6.45) is -2.74. The first-order valence-electron chi connectivity index (χ1n) is 5.87. The second-order valence-corrected chi connectivity index (χ2v) is 4.38. The standard InChI is InChI=1S/C14H13F3N2O/c1-9-2-3-10(7-19-9)11-4-12(18)6-13(5-11)20-8-14(15,16)17/h2-7H,8,18H2,1H3. The number of hydrogen-bond donors (Lipinski definition) is 1. The van der Waals surface area contributed by atoms with Crippen LogP contribution in [0.1, 0.15) is 5.69 Å². The molecule has 0 aliphatic rings. The zero-order valence-corrected chi connectivity index (χ0v) is 10.7. The van der Waals surface area contributed by atoms with E-state index >= 15 is 0 Å². The first kappa shape index (κ1) is 14.2. The van der Waals surface area contributed by atoms with Crippen molar-refractivity contribution in [1.29, 1.82) is 0 Å². The highest BCUT2D eigenvalue weighted by atomic mass is 19.4. The molecule has 106 valence electrons. The van der Waals surface area contributed by atoms with E-state index in [4.69, 9.17) is 10.5 Å². The van der Waals surface area contributed by atoms with Crippen molar-refractivity contribution in [3.05, 3.63) is 42.2 Å². The molecule has 0 saturated carbocycles. The lowest BCUT2D eigenvalue weighted by Gasteiger charge is -2.11. The van der Waals surface area contributed by atoms with E-state index in [-0.39, 0.29) is 5.75 Å². The number of anilines is 1. The van der Waals surface area contributed by atoms with E-state index in [1.807, 2.05) is 19.1 Å². The summed E-state index contributed by atoms with van der Waals surface area (Å²) in [5.41, 5.74) is 8.30. The van der Waals surface area contributed by atoms with Gasteiger partial charge in [0.15, 0.2) is 6.61 Å². The lowest BCUT2D eigenvalue weighted by atomic mass is 10.1. The van der Waals surface area contributed by atoms with Gasteiger partial charge < -0.3 is 10.5 Å². The molecule has 6 heteroatoms. The molecule has 0 atom stereocenters. The second kappa shape index (κ2) is 5.40. The van der Waals surface area contributed by atoms with Crippen LogP contribution in [-0.2, 0) is 0 Å². The quantitative estimate of drug-likeness (QED) is 0.875. The number of nitrogens with zero attached hydrogens (tertiary/aromatic N) is 1. The van der Waals surface area contributed by atoms with Gasteiger partial charge in [0, 0.05) is 29.2 Å². The number of rotatable bonds is 3. The highest BCUT2D eigenvalue weighted by Crippen LogP contribution is 2.28. The van der Waals surface area contributed by atoms with Crippen LogP contribution in [-0.4, -0.2) is 17.8 Å². The van der Waals surface area contributed by atoms with Gasteiger partial charge in [0.05, 0.1) is 0 Å². The molecule has 2 rings (SSSR count). The summed E-state index contributed by atoms with van der Waals surface area (Å²) < 4.78 is 41.1. The van der Waals surface area contributed by atoms with Crippen LogP contribution in [0.5, 0.6) is 5.75 Å². The minimum atomic E-state index is -4.38. The highest BCUT2D eigenvalue weighted by Gasteiger charge is 2.28. The molecule has 0 fully saturated rings. The Labute approximate surface area is 114 Å². The van der Waals surface area contributed by atoms with E-state index in [0.29, 0.717) is 11.3 Å². The van der Waals surface area contributed by atoms with Crippen molar-refractivity contribution in [3.63, 3.8) is 0 Å². The van der Waals surface area contributed by atoms with Crippen molar-refractivity contribution in [2.75, 3.05) is 12.3 Å². The molecule has 1 aromatic heterocycles. The van der Waals surface area contributed by atoms with Crippen molar-refractivity contribution >= 4 is 5.69 Å². The van der Waals surface area contributed by atoms with E-state index in [1.165, 1.54) is 12.1 Å². The number of pyridine rings is 1. The van der Waals surface area contributed by atoms with Gasteiger partial charge in [0.2, 0.25) is 0 Å². The monoisotopic (exact) mass is 282 g/mol. The fourth-order valence-electron chi connectivity index (χ4n) is 1.68. The zero-order chi connectivity index (χ0) is 14.8. The number of alkyl halides is 3. The van der Waals surface area contributed by atoms with Gasteiger partial charge in [0.1, 0.15) is 5.75 Å². The molecule has 20 heavy (non-hydrogen) atoms. The number of benzene rings is 1. The molecule has 2 aromatic rings. The fourth-order valence-corrected chi connectivity index (χ4v) is 1.68. The summed E-state index contributed by atoms with van der Waals surface area (Å²) in [7, 11) is 0. The number of aromatic nitrogens is 1. The minimum absolute atomic E-state index is 0.0814. The number of nitrogen functional groups attached to an aromatic ring is 1. The Hall–Kier alpha value is -2.24. The molecule has 0 bridgehead atoms. The number of aryl methyl sites for hydroxylation is 1. The van der Waals surface area contributed by atoms with E-state index in [1.54, 1.807) is 12.3 Å². The van der Waals surface area contributed by atoms with Crippen LogP contribution in [0.15, 0.2) is 36.5 Å². The van der Waals surface area contributed by atoms with Gasteiger partial charge in [-0.3, -0.25) is 4.98 Å². The third-order valence-corrected chi connectivity index (χ3v) is 2.58. The Balaban J connectivity index is 2.26. The molecule has 0 radical (unpaired) electrons. The Kier molecular flexibility index (Phi) is 3.83. The summed E-state index contributed by atoms with van der Waals surface area (Å²) in [6, 6.07) is 8.16. The normalized spacial score (nSPS) is 11.4. The Bertz CT molecular complexity index is 594. The van der Waals surface area contributed by atoms with E-state index in [2.05, 4.69) is 4.98 Å². The first-order valence-corrected chi connectivity index (χ1v) is 5.87. The smallest absolute Gasteiger partial charge is 0.422 e. The molecular formula is C14H13F3N2O. The minimum Gasteiger partial charge on any atom is -0.484 e. The predicted octanol–water partition coefficient (Wildman–Crippen LogP) is 3.58. The van der Waals surface area contributed by atoms with E-state index in [0.717, 1.165) is 11.3 Å². The third kappa shape index (κ3) is 3.88. The molecule has 1 aromatic carbocycles. The summed E-state index contributed by atoms with van der Waals surface area (Å²) in [6.45, 7) is 0.503. The largest absolute Gasteiger partial charge is 0.484 e. The maximum absolute atomic E-state index is 12.1. The number of nitrogens with two attached hydrogens (primary N) is 1. The summed E-state index contributed by atoms with van der Waals surface area (Å²) in [5, 5.41) is 0. The maximum Gasteiger partial charge on any atom is 0.422 e. The van der Waals surface area contributed by atoms with Crippen molar-refractivity contribution in [2.24, 2.45) is 0 Å². The number of halogens is 3. The molecule has 2 N–H and O–H groups in total. The Morgan fingerprint density at radius 1 is 1.15 bits per heavy atom. The van der Waals surface area contributed by atoms with Gasteiger partial charge in [-0.05, 0) is 30.7 Å². The Morgan fingerprint density at radius 2 is 1.90 bits per heavy atom. The van der Waals surface area contributed by atoms with E-state index < -0.39 is 12.8 Å². The topological polar surface area (TPSA) is 48.1 Å². The molecule has 0 aliphatic carbocycles. The summed E-state index contributed by atoms with van der Waals surface area (Å²) >= 11 is 0. The summed E-state index contributed by atoms with van der Waals surface area (Å²) in [5.74, 6) is 0.0814. The lowest BCUT2D eigenvalue weighted by Crippen LogP contribution is -2.19. The van der Waals surface area contributed by atoms with Gasteiger partial charge in [-0.2, -0.15) is 13.2 Å². The molecular weight excluding hydrogens is 269 g/mol. The van der Waals surface area contributed by atoms with Crippen LogP contribution in [0, 0.1) is 6.92 Å². The number of ether oxygens (including phenoxy) is 1. The average Bonchev–Trinajstić information content (AvgIpc) is 2.36. The molecule has 0 unspecified atom stereocenters. The second-order valence-electron chi connectivity index (χ2n) is 4.38. The number of hydrogen-bond acceptors (Lipinski definition) is 3. The van der Waals surface area contributed by atoms with Gasteiger partial charge in [-0.1, -0.05) is 6.07 Å².